The van der Waals surface area contributed by atoms with Crippen molar-refractivity contribution in [2.45, 2.75) is 32.7 Å². The summed E-state index contributed by atoms with van der Waals surface area (Å²) in [5.41, 5.74) is 5.10. The first-order valence-electron chi connectivity index (χ1n) is 9.92. The molecule has 2 aromatic carbocycles. The van der Waals surface area contributed by atoms with E-state index in [1.807, 2.05) is 13.0 Å². The van der Waals surface area contributed by atoms with Gasteiger partial charge in [-0.05, 0) is 43.9 Å². The summed E-state index contributed by atoms with van der Waals surface area (Å²) in [5, 5.41) is 1.52. The van der Waals surface area contributed by atoms with Gasteiger partial charge in [0.1, 0.15) is 22.8 Å². The fourth-order valence-electron chi connectivity index (χ4n) is 4.59. The minimum absolute atomic E-state index is 0.215. The molecule has 0 N–H and O–H groups in total. The van der Waals surface area contributed by atoms with E-state index in [1.165, 1.54) is 0 Å². The van der Waals surface area contributed by atoms with Crippen LogP contribution in [0.5, 0.6) is 17.2 Å². The van der Waals surface area contributed by atoms with Crippen molar-refractivity contribution in [3.8, 4) is 17.2 Å². The molecule has 1 aliphatic carbocycles. The first-order chi connectivity index (χ1) is 14.5. The Morgan fingerprint density at radius 2 is 1.83 bits per heavy atom. The molecule has 30 heavy (non-hydrogen) atoms. The zero-order chi connectivity index (χ0) is 21.0. The molecule has 0 amide bonds. The van der Waals surface area contributed by atoms with Gasteiger partial charge in [0.05, 0.1) is 31.5 Å². The molecule has 2 heterocycles. The molecule has 0 unspecified atom stereocenters. The molecule has 156 valence electrons. The highest BCUT2D eigenvalue weighted by Crippen LogP contribution is 2.42. The Morgan fingerprint density at radius 1 is 1.07 bits per heavy atom. The monoisotopic (exact) mass is 427 g/mol. The number of methoxy groups -OCH3 is 2. The highest BCUT2D eigenvalue weighted by atomic mass is 35.5. The Labute approximate surface area is 178 Å². The van der Waals surface area contributed by atoms with Crippen molar-refractivity contribution >= 4 is 28.3 Å². The van der Waals surface area contributed by atoms with Crippen LogP contribution in [0.25, 0.3) is 11.0 Å². The summed E-state index contributed by atoms with van der Waals surface area (Å²) < 4.78 is 22.7. The third-order valence-electron chi connectivity index (χ3n) is 6.04. The summed E-state index contributed by atoms with van der Waals surface area (Å²) in [6, 6.07) is 5.72. The molecule has 5 rings (SSSR count). The van der Waals surface area contributed by atoms with Gasteiger partial charge in [0, 0.05) is 28.1 Å². The first-order valence-corrected chi connectivity index (χ1v) is 10.3. The summed E-state index contributed by atoms with van der Waals surface area (Å²) in [6.45, 7) is 2.90. The van der Waals surface area contributed by atoms with Gasteiger partial charge in [0.25, 0.3) is 0 Å². The summed E-state index contributed by atoms with van der Waals surface area (Å²) in [7, 11) is 3.19. The summed E-state index contributed by atoms with van der Waals surface area (Å²) in [5.74, 6) is 1.99. The molecule has 7 heteroatoms. The van der Waals surface area contributed by atoms with Gasteiger partial charge in [0.2, 0.25) is 0 Å². The molecule has 0 saturated carbocycles. The van der Waals surface area contributed by atoms with E-state index in [2.05, 4.69) is 11.0 Å². The van der Waals surface area contributed by atoms with Gasteiger partial charge in [0.15, 0.2) is 6.73 Å². The normalized spacial score (nSPS) is 15.0. The molecular formula is C23H22ClNO5. The predicted octanol–water partition coefficient (Wildman–Crippen LogP) is 4.62. The maximum absolute atomic E-state index is 12.4. The first kappa shape index (κ1) is 19.1. The second-order valence-corrected chi connectivity index (χ2v) is 8.10. The summed E-state index contributed by atoms with van der Waals surface area (Å²) >= 11 is 6.37. The lowest BCUT2D eigenvalue weighted by Gasteiger charge is -2.33. The van der Waals surface area contributed by atoms with Crippen molar-refractivity contribution in [2.75, 3.05) is 25.9 Å². The smallest absolute Gasteiger partial charge is 0.339 e. The number of ether oxygens (including phenoxy) is 3. The van der Waals surface area contributed by atoms with Crippen molar-refractivity contribution in [1.82, 2.24) is 0 Å². The van der Waals surface area contributed by atoms with E-state index in [4.69, 9.17) is 30.2 Å². The number of halogens is 1. The number of hydrogen-bond donors (Lipinski definition) is 0. The number of fused-ring (bicyclic) bond motifs is 4. The van der Waals surface area contributed by atoms with E-state index >= 15 is 0 Å². The lowest BCUT2D eigenvalue weighted by molar-refractivity contribution is 0.285. The van der Waals surface area contributed by atoms with Crippen molar-refractivity contribution in [3.63, 3.8) is 0 Å². The third kappa shape index (κ3) is 2.82. The Kier molecular flexibility index (Phi) is 4.54. The summed E-state index contributed by atoms with van der Waals surface area (Å²) in [4.78, 5) is 14.5. The van der Waals surface area contributed by atoms with Gasteiger partial charge in [-0.15, -0.1) is 0 Å². The van der Waals surface area contributed by atoms with E-state index in [0.717, 1.165) is 58.3 Å². The van der Waals surface area contributed by atoms with Crippen molar-refractivity contribution in [3.05, 3.63) is 55.9 Å². The van der Waals surface area contributed by atoms with Crippen molar-refractivity contribution in [2.24, 2.45) is 0 Å². The van der Waals surface area contributed by atoms with Gasteiger partial charge in [-0.3, -0.25) is 0 Å². The van der Waals surface area contributed by atoms with Gasteiger partial charge >= 0.3 is 5.63 Å². The Hall–Kier alpha value is -2.86. The average molecular weight is 428 g/mol. The maximum Gasteiger partial charge on any atom is 0.339 e. The Balaban J connectivity index is 1.62. The molecule has 0 atom stereocenters. The van der Waals surface area contributed by atoms with Crippen LogP contribution in [-0.4, -0.2) is 21.0 Å². The van der Waals surface area contributed by atoms with Gasteiger partial charge < -0.3 is 23.5 Å². The number of benzene rings is 2. The van der Waals surface area contributed by atoms with Crippen molar-refractivity contribution in [1.29, 1.82) is 0 Å². The number of anilines is 1. The predicted molar refractivity (Wildman–Crippen MR) is 115 cm³/mol. The molecule has 2 aliphatic rings. The molecule has 1 aliphatic heterocycles. The molecule has 3 aromatic rings. The van der Waals surface area contributed by atoms with Crippen LogP contribution in [0.4, 0.5) is 5.69 Å². The van der Waals surface area contributed by atoms with E-state index in [0.29, 0.717) is 35.4 Å². The van der Waals surface area contributed by atoms with E-state index in [1.54, 1.807) is 20.3 Å². The zero-order valence-electron chi connectivity index (χ0n) is 17.1. The van der Waals surface area contributed by atoms with Crippen molar-refractivity contribution < 1.29 is 18.6 Å². The molecule has 0 spiro atoms. The maximum atomic E-state index is 12.4. The van der Waals surface area contributed by atoms with Gasteiger partial charge in [-0.1, -0.05) is 11.6 Å². The van der Waals surface area contributed by atoms with Crippen LogP contribution in [-0.2, 0) is 19.4 Å². The topological polar surface area (TPSA) is 61.1 Å². The third-order valence-corrected chi connectivity index (χ3v) is 6.34. The molecule has 0 bridgehead atoms. The van der Waals surface area contributed by atoms with Crippen LogP contribution in [0.15, 0.2) is 27.4 Å². The molecule has 0 saturated heterocycles. The molecule has 6 nitrogen and oxygen atoms in total. The number of hydrogen-bond acceptors (Lipinski definition) is 6. The van der Waals surface area contributed by atoms with Crippen LogP contribution in [0.2, 0.25) is 5.02 Å². The van der Waals surface area contributed by atoms with E-state index in [-0.39, 0.29) is 5.63 Å². The van der Waals surface area contributed by atoms with Crippen LogP contribution in [0.1, 0.15) is 28.7 Å². The van der Waals surface area contributed by atoms with E-state index < -0.39 is 0 Å². The minimum atomic E-state index is -0.215. The van der Waals surface area contributed by atoms with Crippen LogP contribution in [0, 0.1) is 6.92 Å². The van der Waals surface area contributed by atoms with Crippen LogP contribution < -0.4 is 24.7 Å². The molecule has 0 fully saturated rings. The van der Waals surface area contributed by atoms with Gasteiger partial charge in [-0.2, -0.15) is 0 Å². The molecule has 1 aromatic heterocycles. The molecule has 0 radical (unpaired) electrons. The highest BCUT2D eigenvalue weighted by Gasteiger charge is 2.27. The number of rotatable bonds is 3. The lowest BCUT2D eigenvalue weighted by Crippen LogP contribution is -2.32. The average Bonchev–Trinajstić information content (AvgIpc) is 3.25. The Morgan fingerprint density at radius 3 is 2.60 bits per heavy atom. The SMILES string of the molecule is COc1cc(OC)c(N2COc3c(cc4c5c(c(=O)oc4c3C)CCC5)C2)cc1Cl. The second-order valence-electron chi connectivity index (χ2n) is 7.70. The minimum Gasteiger partial charge on any atom is -0.495 e. The standard InChI is InChI=1S/C23H22ClNO5/c1-12-21-13(7-16-14-5-4-6-15(14)23(26)30-22(12)16)10-25(11-29-21)18-8-17(24)19(27-2)9-20(18)28-3/h7-9H,4-6,10-11H2,1-3H3. The highest BCUT2D eigenvalue weighted by molar-refractivity contribution is 6.32. The van der Waals surface area contributed by atoms with Gasteiger partial charge in [-0.25, -0.2) is 4.79 Å². The van der Waals surface area contributed by atoms with Crippen LogP contribution in [0.3, 0.4) is 0 Å². The fraction of sp³-hybridized carbons (Fsp3) is 0.348. The lowest BCUT2D eigenvalue weighted by atomic mass is 9.99. The fourth-order valence-corrected chi connectivity index (χ4v) is 4.82. The largest absolute Gasteiger partial charge is 0.495 e. The second kappa shape index (κ2) is 7.13. The number of nitrogens with zero attached hydrogens (tertiary/aromatic N) is 1. The van der Waals surface area contributed by atoms with Crippen LogP contribution >= 0.6 is 11.6 Å². The molecular weight excluding hydrogens is 406 g/mol. The number of aryl methyl sites for hydroxylation is 2. The Bertz CT molecular complexity index is 1230. The zero-order valence-corrected chi connectivity index (χ0v) is 17.9. The van der Waals surface area contributed by atoms with E-state index in [9.17, 15) is 4.79 Å². The summed E-state index contributed by atoms with van der Waals surface area (Å²) in [6.07, 6.45) is 2.68. The quantitative estimate of drug-likeness (QED) is 0.568.